The Labute approximate surface area is 99.6 Å². The van der Waals surface area contributed by atoms with Crippen LogP contribution >= 0.6 is 11.3 Å². The van der Waals surface area contributed by atoms with Crippen LogP contribution in [0.5, 0.6) is 0 Å². The molecule has 0 radical (unpaired) electrons. The second kappa shape index (κ2) is 4.22. The first-order valence-corrected chi connectivity index (χ1v) is 6.09. The van der Waals surface area contributed by atoms with Gasteiger partial charge in [-0.3, -0.25) is 0 Å². The van der Waals surface area contributed by atoms with Gasteiger partial charge in [-0.1, -0.05) is 0 Å². The Bertz CT molecular complexity index is 517. The Morgan fingerprint density at radius 1 is 1.12 bits per heavy atom. The van der Waals surface area contributed by atoms with Crippen LogP contribution in [0, 0.1) is 20.8 Å². The van der Waals surface area contributed by atoms with E-state index in [2.05, 4.69) is 33.7 Å². The Morgan fingerprint density at radius 3 is 2.38 bits per heavy atom. The van der Waals surface area contributed by atoms with Crippen molar-refractivity contribution in [1.29, 1.82) is 0 Å². The fourth-order valence-electron chi connectivity index (χ4n) is 1.55. The lowest BCUT2D eigenvalue weighted by molar-refractivity contribution is 1.05. The van der Waals surface area contributed by atoms with Crippen LogP contribution in [0.4, 0.5) is 5.82 Å². The van der Waals surface area contributed by atoms with E-state index >= 15 is 0 Å². The number of hydrogen-bond donors (Lipinski definition) is 1. The molecule has 16 heavy (non-hydrogen) atoms. The van der Waals surface area contributed by atoms with Gasteiger partial charge in [0.25, 0.3) is 0 Å². The largest absolute Gasteiger partial charge is 0.371 e. The molecule has 3 nitrogen and oxygen atoms in total. The predicted octanol–water partition coefficient (Wildman–Crippen LogP) is 3.17. The molecule has 0 aliphatic heterocycles. The summed E-state index contributed by atoms with van der Waals surface area (Å²) in [5.74, 6) is 0.855. The molecule has 0 aliphatic rings. The normalized spacial score (nSPS) is 10.5. The Kier molecular flexibility index (Phi) is 2.92. The third-order valence-corrected chi connectivity index (χ3v) is 3.64. The number of nitrogens with zero attached hydrogens (tertiary/aromatic N) is 2. The van der Waals surface area contributed by atoms with Crippen LogP contribution in [0.15, 0.2) is 11.4 Å². The SMILES string of the molecule is CNc1nc(C)c(C)nc1-c1sccc1C. The van der Waals surface area contributed by atoms with Crippen LogP contribution in [0.1, 0.15) is 17.0 Å². The number of nitrogens with one attached hydrogen (secondary N) is 1. The van der Waals surface area contributed by atoms with E-state index in [0.717, 1.165) is 22.9 Å². The smallest absolute Gasteiger partial charge is 0.153 e. The first-order chi connectivity index (χ1) is 7.63. The van der Waals surface area contributed by atoms with Gasteiger partial charge in [-0.15, -0.1) is 11.3 Å². The summed E-state index contributed by atoms with van der Waals surface area (Å²) < 4.78 is 0. The third kappa shape index (κ3) is 1.80. The van der Waals surface area contributed by atoms with Crippen LogP contribution in [-0.4, -0.2) is 17.0 Å². The molecule has 0 saturated carbocycles. The van der Waals surface area contributed by atoms with Gasteiger partial charge < -0.3 is 5.32 Å². The molecule has 2 heterocycles. The highest BCUT2D eigenvalue weighted by Crippen LogP contribution is 2.32. The average Bonchev–Trinajstić information content (AvgIpc) is 2.68. The van der Waals surface area contributed by atoms with Gasteiger partial charge in [-0.2, -0.15) is 0 Å². The quantitative estimate of drug-likeness (QED) is 0.865. The highest BCUT2D eigenvalue weighted by Gasteiger charge is 2.13. The minimum Gasteiger partial charge on any atom is -0.371 e. The van der Waals surface area contributed by atoms with E-state index in [1.165, 1.54) is 10.4 Å². The maximum atomic E-state index is 4.63. The molecule has 0 amide bonds. The van der Waals surface area contributed by atoms with Crippen molar-refractivity contribution in [3.8, 4) is 10.6 Å². The summed E-state index contributed by atoms with van der Waals surface area (Å²) in [5, 5.41) is 5.20. The molecule has 84 valence electrons. The van der Waals surface area contributed by atoms with Gasteiger partial charge in [0.1, 0.15) is 5.69 Å². The minimum atomic E-state index is 0.855. The van der Waals surface area contributed by atoms with E-state index in [1.54, 1.807) is 11.3 Å². The van der Waals surface area contributed by atoms with Crippen molar-refractivity contribution in [2.24, 2.45) is 0 Å². The highest BCUT2D eigenvalue weighted by atomic mass is 32.1. The molecule has 0 spiro atoms. The number of thiophene rings is 1. The maximum Gasteiger partial charge on any atom is 0.153 e. The van der Waals surface area contributed by atoms with Crippen LogP contribution in [0.25, 0.3) is 10.6 Å². The van der Waals surface area contributed by atoms with E-state index < -0.39 is 0 Å². The Hall–Kier alpha value is -1.42. The molecular formula is C12H15N3S. The monoisotopic (exact) mass is 233 g/mol. The van der Waals surface area contributed by atoms with Gasteiger partial charge in [0, 0.05) is 7.05 Å². The zero-order chi connectivity index (χ0) is 11.7. The summed E-state index contributed by atoms with van der Waals surface area (Å²) in [6.45, 7) is 6.07. The lowest BCUT2D eigenvalue weighted by atomic mass is 10.2. The van der Waals surface area contributed by atoms with Gasteiger partial charge in [-0.25, -0.2) is 9.97 Å². The molecule has 0 fully saturated rings. The van der Waals surface area contributed by atoms with Crippen LogP contribution < -0.4 is 5.32 Å². The van der Waals surface area contributed by atoms with Crippen molar-refractivity contribution in [3.63, 3.8) is 0 Å². The van der Waals surface area contributed by atoms with Gasteiger partial charge >= 0.3 is 0 Å². The fourth-order valence-corrected chi connectivity index (χ4v) is 2.47. The summed E-state index contributed by atoms with van der Waals surface area (Å²) >= 11 is 1.70. The molecule has 0 atom stereocenters. The van der Waals surface area contributed by atoms with E-state index in [-0.39, 0.29) is 0 Å². The minimum absolute atomic E-state index is 0.855. The average molecular weight is 233 g/mol. The second-order valence-corrected chi connectivity index (χ2v) is 4.69. The van der Waals surface area contributed by atoms with Gasteiger partial charge in [0.15, 0.2) is 5.82 Å². The maximum absolute atomic E-state index is 4.63. The molecule has 0 saturated heterocycles. The van der Waals surface area contributed by atoms with Crippen molar-refractivity contribution < 1.29 is 0 Å². The van der Waals surface area contributed by atoms with Crippen molar-refractivity contribution in [1.82, 2.24) is 9.97 Å². The van der Waals surface area contributed by atoms with E-state index in [9.17, 15) is 0 Å². The first kappa shape index (κ1) is 11.1. The molecule has 2 aromatic rings. The lowest BCUT2D eigenvalue weighted by Gasteiger charge is -2.09. The van der Waals surface area contributed by atoms with Crippen molar-refractivity contribution in [2.75, 3.05) is 12.4 Å². The van der Waals surface area contributed by atoms with Gasteiger partial charge in [0.05, 0.1) is 16.3 Å². The molecular weight excluding hydrogens is 218 g/mol. The Balaban J connectivity index is 2.64. The topological polar surface area (TPSA) is 37.8 Å². The van der Waals surface area contributed by atoms with E-state index in [0.29, 0.717) is 0 Å². The zero-order valence-electron chi connectivity index (χ0n) is 9.96. The molecule has 0 unspecified atom stereocenters. The lowest BCUT2D eigenvalue weighted by Crippen LogP contribution is -2.02. The number of rotatable bonds is 2. The number of anilines is 1. The zero-order valence-corrected chi connectivity index (χ0v) is 10.8. The number of aromatic nitrogens is 2. The molecule has 0 bridgehead atoms. The summed E-state index contributed by atoms with van der Waals surface area (Å²) in [6.07, 6.45) is 0. The van der Waals surface area contributed by atoms with Gasteiger partial charge in [0.2, 0.25) is 0 Å². The predicted molar refractivity (Wildman–Crippen MR) is 69.1 cm³/mol. The van der Waals surface area contributed by atoms with E-state index in [4.69, 9.17) is 0 Å². The van der Waals surface area contributed by atoms with E-state index in [1.807, 2.05) is 20.9 Å². The van der Waals surface area contributed by atoms with Crippen molar-refractivity contribution in [3.05, 3.63) is 28.4 Å². The summed E-state index contributed by atoms with van der Waals surface area (Å²) in [7, 11) is 1.88. The van der Waals surface area contributed by atoms with Crippen molar-refractivity contribution in [2.45, 2.75) is 20.8 Å². The number of hydrogen-bond acceptors (Lipinski definition) is 4. The van der Waals surface area contributed by atoms with Crippen LogP contribution in [0.3, 0.4) is 0 Å². The van der Waals surface area contributed by atoms with Crippen LogP contribution in [0.2, 0.25) is 0 Å². The summed E-state index contributed by atoms with van der Waals surface area (Å²) in [6, 6.07) is 2.11. The fraction of sp³-hybridized carbons (Fsp3) is 0.333. The van der Waals surface area contributed by atoms with Crippen LogP contribution in [-0.2, 0) is 0 Å². The first-order valence-electron chi connectivity index (χ1n) is 5.21. The third-order valence-electron chi connectivity index (χ3n) is 2.62. The second-order valence-electron chi connectivity index (χ2n) is 3.77. The molecule has 2 aromatic heterocycles. The van der Waals surface area contributed by atoms with Crippen molar-refractivity contribution >= 4 is 17.2 Å². The summed E-state index contributed by atoms with van der Waals surface area (Å²) in [5.41, 5.74) is 4.17. The summed E-state index contributed by atoms with van der Waals surface area (Å²) in [4.78, 5) is 10.3. The van der Waals surface area contributed by atoms with Gasteiger partial charge in [-0.05, 0) is 37.8 Å². The number of aryl methyl sites for hydroxylation is 3. The molecule has 0 aromatic carbocycles. The molecule has 0 aliphatic carbocycles. The standard InChI is InChI=1S/C12H15N3S/c1-7-5-6-16-11(7)10-12(13-4)15-9(3)8(2)14-10/h5-6H,1-4H3,(H,13,15). The Morgan fingerprint density at radius 2 is 1.81 bits per heavy atom. The highest BCUT2D eigenvalue weighted by molar-refractivity contribution is 7.13. The molecule has 1 N–H and O–H groups in total. The molecule has 4 heteroatoms. The molecule has 2 rings (SSSR count).